The lowest BCUT2D eigenvalue weighted by molar-refractivity contribution is 1.19. The van der Waals surface area contributed by atoms with E-state index in [2.05, 4.69) is 106 Å². The Bertz CT molecular complexity index is 1770. The van der Waals surface area contributed by atoms with Crippen LogP contribution in [0.1, 0.15) is 16.8 Å². The molecular formula is C30H22N4. The van der Waals surface area contributed by atoms with E-state index in [4.69, 9.17) is 0 Å². The van der Waals surface area contributed by atoms with Crippen LogP contribution in [0.4, 0.5) is 0 Å². The number of aryl methyl sites for hydroxylation is 1. The quantitative estimate of drug-likeness (QED) is 0.416. The third kappa shape index (κ3) is 3.65. The highest BCUT2D eigenvalue weighted by Crippen LogP contribution is 2.20. The van der Waals surface area contributed by atoms with Crippen LogP contribution < -0.4 is 10.7 Å². The summed E-state index contributed by atoms with van der Waals surface area (Å²) >= 11 is 0. The van der Waals surface area contributed by atoms with Crippen LogP contribution in [0, 0.1) is 6.92 Å². The second-order valence-electron chi connectivity index (χ2n) is 8.36. The zero-order chi connectivity index (χ0) is 22.9. The van der Waals surface area contributed by atoms with Gasteiger partial charge in [0.25, 0.3) is 0 Å². The van der Waals surface area contributed by atoms with Gasteiger partial charge in [-0.25, -0.2) is 9.97 Å². The number of aromatic nitrogens is 4. The number of nitrogens with one attached hydrogen (secondary N) is 1. The normalized spacial score (nSPS) is 12.6. The van der Waals surface area contributed by atoms with Crippen molar-refractivity contribution in [1.82, 2.24) is 19.9 Å². The molecule has 0 radical (unpaired) electrons. The zero-order valence-corrected chi connectivity index (χ0v) is 18.7. The van der Waals surface area contributed by atoms with Gasteiger partial charge in [0.1, 0.15) is 6.33 Å². The average Bonchev–Trinajstić information content (AvgIpc) is 3.22. The number of H-pyrrole nitrogens is 1. The van der Waals surface area contributed by atoms with E-state index in [9.17, 15) is 0 Å². The minimum atomic E-state index is 0.907. The number of benzene rings is 3. The standard InChI is InChI=1S/C30H22N4/c1-20-8-6-13-25-27(32-19-33-30(20)25)18-29-24-12-3-2-11-23(24)28(34-29)17-21-9-7-10-22(16-21)26-14-4-5-15-31-26/h2-19,34H,1H3. The molecule has 0 bridgehead atoms. The summed E-state index contributed by atoms with van der Waals surface area (Å²) in [6.07, 6.45) is 7.77. The first-order valence-electron chi connectivity index (χ1n) is 11.3. The van der Waals surface area contributed by atoms with E-state index in [1.54, 1.807) is 6.33 Å². The van der Waals surface area contributed by atoms with E-state index >= 15 is 0 Å². The summed E-state index contributed by atoms with van der Waals surface area (Å²) in [5, 5.41) is 5.48. The van der Waals surface area contributed by atoms with Crippen LogP contribution in [-0.2, 0) is 0 Å². The Labute approximate surface area is 197 Å². The zero-order valence-electron chi connectivity index (χ0n) is 18.7. The second kappa shape index (κ2) is 8.41. The van der Waals surface area contributed by atoms with Crippen molar-refractivity contribution in [2.75, 3.05) is 0 Å². The molecule has 4 nitrogen and oxygen atoms in total. The summed E-state index contributed by atoms with van der Waals surface area (Å²) in [5.74, 6) is 0. The van der Waals surface area contributed by atoms with Crippen LogP contribution in [0.25, 0.3) is 45.1 Å². The number of fused-ring (bicyclic) bond motifs is 2. The van der Waals surface area contributed by atoms with Crippen molar-refractivity contribution in [2.24, 2.45) is 0 Å². The van der Waals surface area contributed by atoms with E-state index in [1.807, 2.05) is 24.4 Å². The van der Waals surface area contributed by atoms with Gasteiger partial charge in [-0.3, -0.25) is 4.98 Å². The van der Waals surface area contributed by atoms with Crippen molar-refractivity contribution < 1.29 is 0 Å². The molecule has 4 heteroatoms. The van der Waals surface area contributed by atoms with E-state index in [0.717, 1.165) is 55.1 Å². The molecule has 0 aliphatic heterocycles. The van der Waals surface area contributed by atoms with Crippen molar-refractivity contribution in [3.63, 3.8) is 0 Å². The maximum Gasteiger partial charge on any atom is 0.116 e. The summed E-state index contributed by atoms with van der Waals surface area (Å²) in [6, 6.07) is 29.1. The second-order valence-corrected chi connectivity index (χ2v) is 8.36. The lowest BCUT2D eigenvalue weighted by atomic mass is 10.1. The predicted molar refractivity (Wildman–Crippen MR) is 139 cm³/mol. The molecule has 0 atom stereocenters. The van der Waals surface area contributed by atoms with Gasteiger partial charge < -0.3 is 4.98 Å². The van der Waals surface area contributed by atoms with Crippen LogP contribution in [-0.4, -0.2) is 19.9 Å². The number of hydrogen-bond acceptors (Lipinski definition) is 3. The van der Waals surface area contributed by atoms with Gasteiger partial charge in [0.2, 0.25) is 0 Å². The third-order valence-electron chi connectivity index (χ3n) is 6.11. The van der Waals surface area contributed by atoms with E-state index in [0.29, 0.717) is 0 Å². The van der Waals surface area contributed by atoms with Gasteiger partial charge in [-0.1, -0.05) is 66.7 Å². The van der Waals surface area contributed by atoms with Gasteiger partial charge >= 0.3 is 0 Å². The Balaban J connectivity index is 1.54. The van der Waals surface area contributed by atoms with Crippen LogP contribution in [0.15, 0.2) is 97.5 Å². The number of aromatic amines is 1. The van der Waals surface area contributed by atoms with Crippen molar-refractivity contribution >= 4 is 33.8 Å². The third-order valence-corrected chi connectivity index (χ3v) is 6.11. The van der Waals surface area contributed by atoms with E-state index in [-0.39, 0.29) is 0 Å². The minimum Gasteiger partial charge on any atom is -0.354 e. The first kappa shape index (κ1) is 20.1. The number of rotatable bonds is 3. The molecule has 1 N–H and O–H groups in total. The van der Waals surface area contributed by atoms with Crippen molar-refractivity contribution in [2.45, 2.75) is 6.92 Å². The van der Waals surface area contributed by atoms with Crippen LogP contribution in [0.3, 0.4) is 0 Å². The minimum absolute atomic E-state index is 0.907. The molecule has 0 unspecified atom stereocenters. The molecular weight excluding hydrogens is 416 g/mol. The number of para-hydroxylation sites is 1. The van der Waals surface area contributed by atoms with Gasteiger partial charge in [-0.05, 0) is 48.4 Å². The molecule has 3 aromatic heterocycles. The summed E-state index contributed by atoms with van der Waals surface area (Å²) in [6.45, 7) is 2.08. The Hall–Kier alpha value is -4.57. The molecule has 0 aliphatic rings. The van der Waals surface area contributed by atoms with Crippen molar-refractivity contribution in [1.29, 1.82) is 0 Å². The highest BCUT2D eigenvalue weighted by Gasteiger charge is 2.06. The largest absolute Gasteiger partial charge is 0.354 e. The number of nitrogens with zero attached hydrogens (tertiary/aromatic N) is 3. The Morgan fingerprint density at radius 1 is 0.676 bits per heavy atom. The fraction of sp³-hybridized carbons (Fsp3) is 0.0333. The lowest BCUT2D eigenvalue weighted by Gasteiger charge is -2.02. The molecule has 6 aromatic rings. The molecule has 34 heavy (non-hydrogen) atoms. The topological polar surface area (TPSA) is 54.5 Å². The van der Waals surface area contributed by atoms with Gasteiger partial charge in [-0.2, -0.15) is 0 Å². The first-order valence-corrected chi connectivity index (χ1v) is 11.3. The summed E-state index contributed by atoms with van der Waals surface area (Å²) in [7, 11) is 0. The van der Waals surface area contributed by atoms with E-state index < -0.39 is 0 Å². The van der Waals surface area contributed by atoms with Gasteiger partial charge in [0, 0.05) is 38.6 Å². The molecule has 0 spiro atoms. The van der Waals surface area contributed by atoms with Crippen molar-refractivity contribution in [3.8, 4) is 11.3 Å². The molecule has 6 rings (SSSR count). The summed E-state index contributed by atoms with van der Waals surface area (Å²) < 4.78 is 0. The van der Waals surface area contributed by atoms with Gasteiger partial charge in [0.15, 0.2) is 0 Å². The molecule has 162 valence electrons. The van der Waals surface area contributed by atoms with Crippen LogP contribution in [0.5, 0.6) is 0 Å². The fourth-order valence-corrected chi connectivity index (χ4v) is 4.46. The summed E-state index contributed by atoms with van der Waals surface area (Å²) in [5.41, 5.74) is 6.22. The highest BCUT2D eigenvalue weighted by molar-refractivity contribution is 5.90. The van der Waals surface area contributed by atoms with Crippen LogP contribution in [0.2, 0.25) is 0 Å². The molecule has 0 amide bonds. The van der Waals surface area contributed by atoms with Gasteiger partial charge in [-0.15, -0.1) is 0 Å². The number of hydrogen-bond donors (Lipinski definition) is 1. The highest BCUT2D eigenvalue weighted by atomic mass is 14.8. The molecule has 0 saturated carbocycles. The maximum atomic E-state index is 4.58. The molecule has 3 aromatic carbocycles. The van der Waals surface area contributed by atoms with Crippen molar-refractivity contribution in [3.05, 3.63) is 125 Å². The first-order chi connectivity index (χ1) is 16.8. The Morgan fingerprint density at radius 3 is 2.26 bits per heavy atom. The van der Waals surface area contributed by atoms with Gasteiger partial charge in [0.05, 0.1) is 16.9 Å². The van der Waals surface area contributed by atoms with E-state index in [1.165, 1.54) is 5.39 Å². The average molecular weight is 439 g/mol. The predicted octanol–water partition coefficient (Wildman–Crippen LogP) is 5.14. The Morgan fingerprint density at radius 2 is 1.44 bits per heavy atom. The monoisotopic (exact) mass is 438 g/mol. The SMILES string of the molecule is Cc1cccc2c(C=c3[nH]c(=Cc4cccc(-c5ccccn5)c4)c4ccccc34)ncnc12. The lowest BCUT2D eigenvalue weighted by Crippen LogP contribution is -2.10. The molecule has 0 fully saturated rings. The smallest absolute Gasteiger partial charge is 0.116 e. The summed E-state index contributed by atoms with van der Waals surface area (Å²) in [4.78, 5) is 17.2. The molecule has 3 heterocycles. The maximum absolute atomic E-state index is 4.58. The molecule has 0 aliphatic carbocycles. The van der Waals surface area contributed by atoms with Crippen LogP contribution >= 0.6 is 0 Å². The fourth-order valence-electron chi connectivity index (χ4n) is 4.46. The molecule has 0 saturated heterocycles. The Kier molecular flexibility index (Phi) is 4.96. The number of pyridine rings is 1.